The van der Waals surface area contributed by atoms with Crippen molar-refractivity contribution in [1.82, 2.24) is 0 Å². The third-order valence-corrected chi connectivity index (χ3v) is 6.22. The van der Waals surface area contributed by atoms with Crippen molar-refractivity contribution in [2.24, 2.45) is 0 Å². The molecule has 0 aliphatic carbocycles. The molecule has 4 rings (SSSR count). The van der Waals surface area contributed by atoms with Gasteiger partial charge in [-0.1, -0.05) is 59.7 Å². The molecule has 0 amide bonds. The monoisotopic (exact) mass is 582 g/mol. The molecule has 4 nitrogen and oxygen atoms in total. The molecule has 0 saturated carbocycles. The van der Waals surface area contributed by atoms with Gasteiger partial charge in [0.25, 0.3) is 0 Å². The Morgan fingerprint density at radius 2 is 0.757 bits per heavy atom. The van der Waals surface area contributed by atoms with E-state index in [-0.39, 0.29) is 0 Å². The number of aryl methyl sites for hydroxylation is 8. The van der Waals surface area contributed by atoms with Crippen LogP contribution in [0.4, 0.5) is 0 Å². The first kappa shape index (κ1) is 30.0. The van der Waals surface area contributed by atoms with Gasteiger partial charge in [0.15, 0.2) is 0 Å². The van der Waals surface area contributed by atoms with Gasteiger partial charge in [0.2, 0.25) is 0 Å². The van der Waals surface area contributed by atoms with E-state index in [1.165, 1.54) is 22.3 Å². The molecule has 0 aliphatic heterocycles. The van der Waals surface area contributed by atoms with E-state index >= 15 is 0 Å². The second kappa shape index (κ2) is 13.4. The Hall–Kier alpha value is -3.23. The molecule has 0 bridgehead atoms. The van der Waals surface area contributed by atoms with Crippen molar-refractivity contribution in [3.63, 3.8) is 0 Å². The van der Waals surface area contributed by atoms with Crippen LogP contribution in [0.1, 0.15) is 44.5 Å². The fourth-order valence-electron chi connectivity index (χ4n) is 4.78. The molecule has 0 fully saturated rings. The third kappa shape index (κ3) is 7.87. The topological polar surface area (TPSA) is 74.6 Å². The molecule has 0 aromatic heterocycles. The molecular formula is C32H36MoO4. The minimum absolute atomic E-state index is 0.370. The maximum absolute atomic E-state index is 10.1. The second-order valence-corrected chi connectivity index (χ2v) is 9.99. The van der Waals surface area contributed by atoms with E-state index < -0.39 is 18.5 Å². The van der Waals surface area contributed by atoms with Crippen molar-refractivity contribution >= 4 is 0 Å². The van der Waals surface area contributed by atoms with Gasteiger partial charge in [0.05, 0.1) is 0 Å². The first-order valence-electron chi connectivity index (χ1n) is 12.1. The Bertz CT molecular complexity index is 1300. The van der Waals surface area contributed by atoms with Gasteiger partial charge < -0.3 is 10.2 Å². The number of phenolic OH excluding ortho intramolecular Hbond substituents is 2. The average Bonchev–Trinajstić information content (AvgIpc) is 2.76. The zero-order chi connectivity index (χ0) is 27.9. The molecule has 0 spiro atoms. The van der Waals surface area contributed by atoms with E-state index in [1.807, 2.05) is 39.8 Å². The van der Waals surface area contributed by atoms with Crippen LogP contribution < -0.4 is 0 Å². The summed E-state index contributed by atoms with van der Waals surface area (Å²) < 4.78 is 17.0. The quantitative estimate of drug-likeness (QED) is 0.234. The van der Waals surface area contributed by atoms with E-state index in [1.54, 1.807) is 0 Å². The molecule has 37 heavy (non-hydrogen) atoms. The standard InChI is InChI=1S/2C16H18O.Mo.2O/c2*1-10-5-6-14(12(3)7-10)16-13(4)8-11(2)9-15(16)17;;;/h2*5-9,17H,1-4H3;;;. The molecule has 0 unspecified atom stereocenters. The number of rotatable bonds is 2. The summed E-state index contributed by atoms with van der Waals surface area (Å²) in [6, 6.07) is 20.5. The zero-order valence-electron chi connectivity index (χ0n) is 22.9. The molecule has 0 atom stereocenters. The van der Waals surface area contributed by atoms with Gasteiger partial charge in [0.1, 0.15) is 11.5 Å². The fourth-order valence-corrected chi connectivity index (χ4v) is 4.78. The molecular weight excluding hydrogens is 544 g/mol. The van der Waals surface area contributed by atoms with Crippen LogP contribution in [-0.2, 0) is 25.3 Å². The summed E-state index contributed by atoms with van der Waals surface area (Å²) in [4.78, 5) is 0. The summed E-state index contributed by atoms with van der Waals surface area (Å²) >= 11 is -2.03. The number of aromatic hydroxyl groups is 2. The number of phenols is 2. The first-order valence-corrected chi connectivity index (χ1v) is 13.7. The summed E-state index contributed by atoms with van der Waals surface area (Å²) in [5.74, 6) is 0.740. The van der Waals surface area contributed by atoms with Crippen molar-refractivity contribution in [2.75, 3.05) is 0 Å². The third-order valence-electron chi connectivity index (χ3n) is 6.22. The van der Waals surface area contributed by atoms with Crippen LogP contribution >= 0.6 is 0 Å². The summed E-state index contributed by atoms with van der Waals surface area (Å²) in [5.41, 5.74) is 13.5. The summed E-state index contributed by atoms with van der Waals surface area (Å²) in [5, 5.41) is 20.2. The van der Waals surface area contributed by atoms with Gasteiger partial charge in [-0.2, -0.15) is 0 Å². The Labute approximate surface area is 229 Å². The Morgan fingerprint density at radius 1 is 0.459 bits per heavy atom. The number of hydrogen-bond acceptors (Lipinski definition) is 4. The minimum atomic E-state index is -2.03. The molecule has 194 valence electrons. The van der Waals surface area contributed by atoms with Crippen molar-refractivity contribution < 1.29 is 35.5 Å². The second-order valence-electron chi connectivity index (χ2n) is 9.66. The van der Waals surface area contributed by atoms with Crippen LogP contribution in [0.5, 0.6) is 11.5 Å². The maximum atomic E-state index is 10.1. The summed E-state index contributed by atoms with van der Waals surface area (Å²) in [7, 11) is 0. The molecule has 2 N–H and O–H groups in total. The van der Waals surface area contributed by atoms with Crippen LogP contribution in [0, 0.1) is 55.4 Å². The Morgan fingerprint density at radius 3 is 1.03 bits per heavy atom. The van der Waals surface area contributed by atoms with Crippen molar-refractivity contribution in [3.05, 3.63) is 105 Å². The molecule has 0 aliphatic rings. The summed E-state index contributed by atoms with van der Waals surface area (Å²) in [6.45, 7) is 16.4. The molecule has 4 aromatic carbocycles. The van der Waals surface area contributed by atoms with Gasteiger partial charge in [-0.25, -0.2) is 0 Å². The van der Waals surface area contributed by atoms with Crippen LogP contribution in [-0.4, -0.2) is 10.2 Å². The molecule has 0 heterocycles. The van der Waals surface area contributed by atoms with Crippen LogP contribution in [0.3, 0.4) is 0 Å². The van der Waals surface area contributed by atoms with Crippen molar-refractivity contribution in [3.8, 4) is 33.8 Å². The summed E-state index contributed by atoms with van der Waals surface area (Å²) in [6.07, 6.45) is 0. The first-order chi connectivity index (χ1) is 17.4. The number of benzene rings is 4. The van der Waals surface area contributed by atoms with Gasteiger partial charge in [-0.05, 0) is 112 Å². The van der Waals surface area contributed by atoms with E-state index in [0.29, 0.717) is 11.5 Å². The molecule has 0 radical (unpaired) electrons. The van der Waals surface area contributed by atoms with Gasteiger partial charge >= 0.3 is 25.3 Å². The van der Waals surface area contributed by atoms with Crippen LogP contribution in [0.15, 0.2) is 60.7 Å². The zero-order valence-corrected chi connectivity index (χ0v) is 24.9. The van der Waals surface area contributed by atoms with Crippen molar-refractivity contribution in [2.45, 2.75) is 55.4 Å². The molecule has 5 heteroatoms. The predicted molar refractivity (Wildman–Crippen MR) is 146 cm³/mol. The van der Waals surface area contributed by atoms with Gasteiger partial charge in [-0.3, -0.25) is 0 Å². The Kier molecular flexibility index (Phi) is 10.8. The van der Waals surface area contributed by atoms with Crippen molar-refractivity contribution in [1.29, 1.82) is 0 Å². The van der Waals surface area contributed by atoms with Crippen LogP contribution in [0.25, 0.3) is 22.3 Å². The molecule has 4 aromatic rings. The Balaban J connectivity index is 0.000000235. The normalized spacial score (nSPS) is 10.1. The van der Waals surface area contributed by atoms with E-state index in [9.17, 15) is 10.2 Å². The average molecular weight is 581 g/mol. The van der Waals surface area contributed by atoms with Gasteiger partial charge in [-0.15, -0.1) is 0 Å². The number of hydrogen-bond donors (Lipinski definition) is 2. The van der Waals surface area contributed by atoms with E-state index in [0.717, 1.165) is 44.5 Å². The predicted octanol–water partition coefficient (Wildman–Crippen LogP) is 8.35. The van der Waals surface area contributed by atoms with E-state index in [4.69, 9.17) is 6.80 Å². The fraction of sp³-hybridized carbons (Fsp3) is 0.250. The van der Waals surface area contributed by atoms with Gasteiger partial charge in [0, 0.05) is 11.1 Å². The van der Waals surface area contributed by atoms with Crippen LogP contribution in [0.2, 0.25) is 0 Å². The molecule has 0 saturated heterocycles. The SMILES string of the molecule is Cc1ccc(-c2c(C)cc(C)cc2O)c(C)c1.Cc1ccc(-c2c(C)cc(C)cc2O)c(C)c1.[O]=[Mo]=[O]. The van der Waals surface area contributed by atoms with E-state index in [2.05, 4.69) is 76.2 Å².